The summed E-state index contributed by atoms with van der Waals surface area (Å²) >= 11 is 1.58. The number of thiophene rings is 1. The van der Waals surface area contributed by atoms with E-state index in [4.69, 9.17) is 0 Å². The first-order valence-electron chi connectivity index (χ1n) is 9.19. The van der Waals surface area contributed by atoms with Crippen molar-refractivity contribution in [3.63, 3.8) is 0 Å². The number of aryl methyl sites for hydroxylation is 1. The summed E-state index contributed by atoms with van der Waals surface area (Å²) in [5.74, 6) is 0.834. The maximum absolute atomic E-state index is 13.0. The van der Waals surface area contributed by atoms with Crippen LogP contribution in [0.2, 0.25) is 0 Å². The number of nitrogens with zero attached hydrogens (tertiary/aromatic N) is 3. The van der Waals surface area contributed by atoms with E-state index in [0.29, 0.717) is 36.4 Å². The zero-order chi connectivity index (χ0) is 19.9. The number of hydrogen-bond donors (Lipinski definition) is 0. The molecule has 28 heavy (non-hydrogen) atoms. The Bertz CT molecular complexity index is 986. The Morgan fingerprint density at radius 2 is 2.00 bits per heavy atom. The number of carbonyl (C=O) groups is 1. The molecule has 1 amide bonds. The summed E-state index contributed by atoms with van der Waals surface area (Å²) in [6, 6.07) is 7.76. The predicted molar refractivity (Wildman–Crippen MR) is 102 cm³/mol. The van der Waals surface area contributed by atoms with Gasteiger partial charge in [-0.2, -0.15) is 13.2 Å². The van der Waals surface area contributed by atoms with Gasteiger partial charge in [-0.3, -0.25) is 4.79 Å². The molecule has 3 aromatic rings. The minimum absolute atomic E-state index is 0.128. The third kappa shape index (κ3) is 3.65. The third-order valence-electron chi connectivity index (χ3n) is 5.28. The molecule has 0 bridgehead atoms. The molecule has 1 fully saturated rings. The number of benzene rings is 1. The molecule has 0 saturated carbocycles. The maximum atomic E-state index is 13.0. The molecule has 1 aliphatic heterocycles. The first-order valence-corrected chi connectivity index (χ1v) is 10.1. The van der Waals surface area contributed by atoms with Gasteiger partial charge in [-0.05, 0) is 49.4 Å². The molecule has 2 aromatic heterocycles. The summed E-state index contributed by atoms with van der Waals surface area (Å²) in [6.07, 6.45) is -2.41. The first-order chi connectivity index (χ1) is 13.3. The van der Waals surface area contributed by atoms with E-state index in [1.807, 2.05) is 33.9 Å². The Morgan fingerprint density at radius 1 is 1.25 bits per heavy atom. The number of halogens is 3. The van der Waals surface area contributed by atoms with Crippen LogP contribution in [0.3, 0.4) is 0 Å². The van der Waals surface area contributed by atoms with E-state index in [2.05, 4.69) is 4.98 Å². The maximum Gasteiger partial charge on any atom is 0.416 e. The van der Waals surface area contributed by atoms with Crippen LogP contribution < -0.4 is 0 Å². The molecule has 4 rings (SSSR count). The number of aromatic nitrogens is 2. The molecule has 0 radical (unpaired) electrons. The number of carbonyl (C=O) groups excluding carboxylic acids is 1. The normalized spacial score (nSPS) is 16.1. The SMILES string of the molecule is Cc1nc2cc(C(F)(F)F)ccc2n1C1CCN(C(=O)Cc2cccs2)CC1. The van der Waals surface area contributed by atoms with Crippen LogP contribution in [-0.2, 0) is 17.4 Å². The van der Waals surface area contributed by atoms with Gasteiger partial charge < -0.3 is 9.47 Å². The van der Waals surface area contributed by atoms with Crippen LogP contribution in [0.1, 0.15) is 35.1 Å². The van der Waals surface area contributed by atoms with Crippen molar-refractivity contribution >= 4 is 28.3 Å². The predicted octanol–water partition coefficient (Wildman–Crippen LogP) is 4.83. The van der Waals surface area contributed by atoms with Gasteiger partial charge >= 0.3 is 6.18 Å². The van der Waals surface area contributed by atoms with E-state index < -0.39 is 11.7 Å². The summed E-state index contributed by atoms with van der Waals surface area (Å²) in [5, 5.41) is 1.96. The summed E-state index contributed by atoms with van der Waals surface area (Å²) < 4.78 is 40.9. The lowest BCUT2D eigenvalue weighted by molar-refractivity contribution is -0.137. The van der Waals surface area contributed by atoms with Gasteiger partial charge in [0, 0.05) is 24.0 Å². The van der Waals surface area contributed by atoms with Crippen LogP contribution in [0.5, 0.6) is 0 Å². The van der Waals surface area contributed by atoms with Crippen molar-refractivity contribution in [3.05, 3.63) is 52.0 Å². The molecule has 0 unspecified atom stereocenters. The molecule has 0 atom stereocenters. The largest absolute Gasteiger partial charge is 0.416 e. The number of rotatable bonds is 3. The van der Waals surface area contributed by atoms with Gasteiger partial charge in [0.2, 0.25) is 5.91 Å². The molecular formula is C20H20F3N3OS. The zero-order valence-electron chi connectivity index (χ0n) is 15.4. The van der Waals surface area contributed by atoms with Gasteiger partial charge in [-0.1, -0.05) is 6.07 Å². The minimum Gasteiger partial charge on any atom is -0.342 e. The minimum atomic E-state index is -4.37. The Kier molecular flexibility index (Phi) is 4.91. The molecule has 1 aliphatic rings. The molecule has 3 heterocycles. The number of amides is 1. The summed E-state index contributed by atoms with van der Waals surface area (Å²) in [6.45, 7) is 3.12. The van der Waals surface area contributed by atoms with E-state index in [0.717, 1.165) is 29.9 Å². The lowest BCUT2D eigenvalue weighted by Crippen LogP contribution is -2.39. The number of fused-ring (bicyclic) bond motifs is 1. The van der Waals surface area contributed by atoms with Crippen LogP contribution in [-0.4, -0.2) is 33.4 Å². The van der Waals surface area contributed by atoms with Crippen molar-refractivity contribution in [1.82, 2.24) is 14.5 Å². The van der Waals surface area contributed by atoms with Crippen LogP contribution in [0.4, 0.5) is 13.2 Å². The summed E-state index contributed by atoms with van der Waals surface area (Å²) in [7, 11) is 0. The van der Waals surface area contributed by atoms with Crippen LogP contribution in [0, 0.1) is 6.92 Å². The van der Waals surface area contributed by atoms with Gasteiger partial charge in [-0.25, -0.2) is 4.98 Å². The number of imidazole rings is 1. The Hall–Kier alpha value is -2.35. The smallest absolute Gasteiger partial charge is 0.342 e. The lowest BCUT2D eigenvalue weighted by atomic mass is 10.0. The van der Waals surface area contributed by atoms with Crippen molar-refractivity contribution in [3.8, 4) is 0 Å². The quantitative estimate of drug-likeness (QED) is 0.624. The Morgan fingerprint density at radius 3 is 2.64 bits per heavy atom. The van der Waals surface area contributed by atoms with Crippen LogP contribution >= 0.6 is 11.3 Å². The van der Waals surface area contributed by atoms with Gasteiger partial charge in [0.05, 0.1) is 23.0 Å². The summed E-state index contributed by atoms with van der Waals surface area (Å²) in [4.78, 5) is 19.8. The zero-order valence-corrected chi connectivity index (χ0v) is 16.2. The van der Waals surface area contributed by atoms with Crippen molar-refractivity contribution in [2.24, 2.45) is 0 Å². The molecule has 1 aromatic carbocycles. The van der Waals surface area contributed by atoms with E-state index >= 15 is 0 Å². The second-order valence-corrected chi connectivity index (χ2v) is 8.13. The molecule has 148 valence electrons. The molecule has 0 aliphatic carbocycles. The highest BCUT2D eigenvalue weighted by Gasteiger charge is 2.32. The number of alkyl halides is 3. The average molecular weight is 407 g/mol. The van der Waals surface area contributed by atoms with Crippen molar-refractivity contribution < 1.29 is 18.0 Å². The molecule has 0 spiro atoms. The molecule has 8 heteroatoms. The molecule has 1 saturated heterocycles. The number of likely N-dealkylation sites (tertiary alicyclic amines) is 1. The fourth-order valence-corrected chi connectivity index (χ4v) is 4.60. The van der Waals surface area contributed by atoms with Gasteiger partial charge in [0.15, 0.2) is 0 Å². The highest BCUT2D eigenvalue weighted by Crippen LogP contribution is 2.34. The van der Waals surface area contributed by atoms with Crippen molar-refractivity contribution in [2.45, 2.75) is 38.4 Å². The second-order valence-electron chi connectivity index (χ2n) is 7.10. The number of piperidine rings is 1. The van der Waals surface area contributed by atoms with E-state index in [1.54, 1.807) is 11.3 Å². The summed E-state index contributed by atoms with van der Waals surface area (Å²) in [5.41, 5.74) is 0.399. The monoisotopic (exact) mass is 407 g/mol. The fourth-order valence-electron chi connectivity index (χ4n) is 3.90. The van der Waals surface area contributed by atoms with Crippen LogP contribution in [0.25, 0.3) is 11.0 Å². The highest BCUT2D eigenvalue weighted by atomic mass is 32.1. The standard InChI is InChI=1S/C20H20F3N3OS/c1-13-24-17-11-14(20(21,22)23)4-5-18(17)26(13)15-6-8-25(9-7-15)19(27)12-16-3-2-10-28-16/h2-5,10-11,15H,6-9,12H2,1H3. The van der Waals surface area contributed by atoms with E-state index in [9.17, 15) is 18.0 Å². The van der Waals surface area contributed by atoms with E-state index in [1.165, 1.54) is 6.07 Å². The van der Waals surface area contributed by atoms with Gasteiger partial charge in [0.1, 0.15) is 5.82 Å². The second kappa shape index (κ2) is 7.24. The average Bonchev–Trinajstić information content (AvgIpc) is 3.27. The fraction of sp³-hybridized carbons (Fsp3) is 0.400. The lowest BCUT2D eigenvalue weighted by Gasteiger charge is -2.33. The molecule has 4 nitrogen and oxygen atoms in total. The molecular weight excluding hydrogens is 387 g/mol. The van der Waals surface area contributed by atoms with Crippen molar-refractivity contribution in [1.29, 1.82) is 0 Å². The first kappa shape index (κ1) is 19.0. The Balaban J connectivity index is 1.49. The Labute approximate surface area is 164 Å². The van der Waals surface area contributed by atoms with Crippen molar-refractivity contribution in [2.75, 3.05) is 13.1 Å². The highest BCUT2D eigenvalue weighted by molar-refractivity contribution is 7.10. The topological polar surface area (TPSA) is 38.1 Å². The van der Waals surface area contributed by atoms with Crippen LogP contribution in [0.15, 0.2) is 35.7 Å². The third-order valence-corrected chi connectivity index (χ3v) is 6.16. The van der Waals surface area contributed by atoms with Gasteiger partial charge in [0.25, 0.3) is 0 Å². The number of hydrogen-bond acceptors (Lipinski definition) is 3. The van der Waals surface area contributed by atoms with Gasteiger partial charge in [-0.15, -0.1) is 11.3 Å². The molecule has 0 N–H and O–H groups in total. The van der Waals surface area contributed by atoms with E-state index in [-0.39, 0.29) is 11.9 Å².